The molecule has 0 amide bonds. The molecule has 1 unspecified atom stereocenters. The number of benzene rings is 2. The maximum absolute atomic E-state index is 13.5. The Morgan fingerprint density at radius 3 is 2.30 bits per heavy atom. The summed E-state index contributed by atoms with van der Waals surface area (Å²) in [5.41, 5.74) is 2.85. The predicted octanol–water partition coefficient (Wildman–Crippen LogP) is 4.36. The molecule has 0 saturated heterocycles. The third-order valence-electron chi connectivity index (χ3n) is 3.35. The summed E-state index contributed by atoms with van der Waals surface area (Å²) >= 11 is 0. The summed E-state index contributed by atoms with van der Waals surface area (Å²) in [7, 11) is 0. The molecule has 0 aliphatic heterocycles. The van der Waals surface area contributed by atoms with Gasteiger partial charge in [-0.25, -0.2) is 8.78 Å². The standard InChI is InChI=1S/C17H19F2N/c1-3-10-20-17(13-5-8-14(18)9-6-13)16-11-15(19)7-4-12(16)2/h4-9,11,17,20H,3,10H2,1-2H3. The highest BCUT2D eigenvalue weighted by Crippen LogP contribution is 2.26. The van der Waals surface area contributed by atoms with E-state index in [1.165, 1.54) is 18.2 Å². The van der Waals surface area contributed by atoms with E-state index in [-0.39, 0.29) is 17.7 Å². The molecule has 0 aromatic heterocycles. The van der Waals surface area contributed by atoms with Crippen LogP contribution in [0, 0.1) is 18.6 Å². The van der Waals surface area contributed by atoms with E-state index in [0.717, 1.165) is 29.7 Å². The monoisotopic (exact) mass is 275 g/mol. The summed E-state index contributed by atoms with van der Waals surface area (Å²) in [4.78, 5) is 0. The van der Waals surface area contributed by atoms with Gasteiger partial charge in [-0.1, -0.05) is 25.1 Å². The second-order valence-electron chi connectivity index (χ2n) is 4.94. The van der Waals surface area contributed by atoms with Crippen LogP contribution in [0.25, 0.3) is 0 Å². The van der Waals surface area contributed by atoms with Crippen molar-refractivity contribution in [2.75, 3.05) is 6.54 Å². The molecule has 0 saturated carbocycles. The zero-order valence-electron chi connectivity index (χ0n) is 11.8. The zero-order chi connectivity index (χ0) is 14.5. The van der Waals surface area contributed by atoms with Gasteiger partial charge in [0.05, 0.1) is 6.04 Å². The van der Waals surface area contributed by atoms with Crippen molar-refractivity contribution in [3.63, 3.8) is 0 Å². The Hall–Kier alpha value is -1.74. The van der Waals surface area contributed by atoms with Crippen LogP contribution in [0.1, 0.15) is 36.1 Å². The van der Waals surface area contributed by atoms with Crippen LogP contribution in [0.3, 0.4) is 0 Å². The van der Waals surface area contributed by atoms with Gasteiger partial charge in [0.1, 0.15) is 11.6 Å². The lowest BCUT2D eigenvalue weighted by molar-refractivity contribution is 0.580. The van der Waals surface area contributed by atoms with Gasteiger partial charge in [0, 0.05) is 0 Å². The van der Waals surface area contributed by atoms with Crippen LogP contribution in [0.4, 0.5) is 8.78 Å². The van der Waals surface area contributed by atoms with E-state index in [1.54, 1.807) is 24.3 Å². The van der Waals surface area contributed by atoms with Gasteiger partial charge < -0.3 is 5.32 Å². The first-order valence-electron chi connectivity index (χ1n) is 6.86. The third-order valence-corrected chi connectivity index (χ3v) is 3.35. The Kier molecular flexibility index (Phi) is 4.85. The summed E-state index contributed by atoms with van der Waals surface area (Å²) < 4.78 is 26.6. The summed E-state index contributed by atoms with van der Waals surface area (Å²) in [6.45, 7) is 4.85. The first kappa shape index (κ1) is 14.7. The summed E-state index contributed by atoms with van der Waals surface area (Å²) in [6.07, 6.45) is 0.978. The van der Waals surface area contributed by atoms with E-state index in [2.05, 4.69) is 12.2 Å². The number of halogens is 2. The smallest absolute Gasteiger partial charge is 0.123 e. The molecule has 0 heterocycles. The van der Waals surface area contributed by atoms with E-state index in [4.69, 9.17) is 0 Å². The Labute approximate surface area is 118 Å². The Morgan fingerprint density at radius 2 is 1.65 bits per heavy atom. The lowest BCUT2D eigenvalue weighted by Gasteiger charge is -2.21. The molecule has 0 fully saturated rings. The van der Waals surface area contributed by atoms with Gasteiger partial charge in [0.25, 0.3) is 0 Å². The highest BCUT2D eigenvalue weighted by atomic mass is 19.1. The second-order valence-corrected chi connectivity index (χ2v) is 4.94. The Bertz CT molecular complexity index is 564. The molecule has 20 heavy (non-hydrogen) atoms. The third kappa shape index (κ3) is 3.42. The van der Waals surface area contributed by atoms with Crippen molar-refractivity contribution in [3.05, 3.63) is 70.8 Å². The molecular weight excluding hydrogens is 256 g/mol. The average molecular weight is 275 g/mol. The van der Waals surface area contributed by atoms with Gasteiger partial charge >= 0.3 is 0 Å². The van der Waals surface area contributed by atoms with Gasteiger partial charge in [-0.3, -0.25) is 0 Å². The summed E-state index contributed by atoms with van der Waals surface area (Å²) in [6, 6.07) is 11.0. The molecule has 1 N–H and O–H groups in total. The molecule has 0 spiro atoms. The topological polar surface area (TPSA) is 12.0 Å². The largest absolute Gasteiger partial charge is 0.306 e. The van der Waals surface area contributed by atoms with E-state index in [1.807, 2.05) is 6.92 Å². The fraction of sp³-hybridized carbons (Fsp3) is 0.294. The van der Waals surface area contributed by atoms with E-state index in [0.29, 0.717) is 0 Å². The zero-order valence-corrected chi connectivity index (χ0v) is 11.8. The minimum absolute atomic E-state index is 0.119. The molecule has 0 aliphatic rings. The van der Waals surface area contributed by atoms with E-state index >= 15 is 0 Å². The highest BCUT2D eigenvalue weighted by molar-refractivity contribution is 5.37. The van der Waals surface area contributed by atoms with Crippen molar-refractivity contribution in [2.45, 2.75) is 26.3 Å². The van der Waals surface area contributed by atoms with Crippen molar-refractivity contribution in [2.24, 2.45) is 0 Å². The van der Waals surface area contributed by atoms with Crippen molar-refractivity contribution in [3.8, 4) is 0 Å². The fourth-order valence-electron chi connectivity index (χ4n) is 2.27. The molecule has 0 bridgehead atoms. The van der Waals surface area contributed by atoms with Crippen LogP contribution in [-0.2, 0) is 0 Å². The number of aryl methyl sites for hydroxylation is 1. The first-order chi connectivity index (χ1) is 9.61. The van der Waals surface area contributed by atoms with E-state index < -0.39 is 0 Å². The molecule has 106 valence electrons. The van der Waals surface area contributed by atoms with Crippen LogP contribution in [0.15, 0.2) is 42.5 Å². The van der Waals surface area contributed by atoms with E-state index in [9.17, 15) is 8.78 Å². The minimum atomic E-state index is -0.265. The predicted molar refractivity (Wildman–Crippen MR) is 77.7 cm³/mol. The lowest BCUT2D eigenvalue weighted by Crippen LogP contribution is -2.24. The molecule has 2 aromatic rings. The molecule has 2 aromatic carbocycles. The summed E-state index contributed by atoms with van der Waals surface area (Å²) in [5.74, 6) is -0.519. The highest BCUT2D eigenvalue weighted by Gasteiger charge is 2.16. The molecule has 0 radical (unpaired) electrons. The normalized spacial score (nSPS) is 12.4. The van der Waals surface area contributed by atoms with Crippen LogP contribution in [-0.4, -0.2) is 6.54 Å². The Balaban J connectivity index is 2.41. The molecule has 0 aliphatic carbocycles. The van der Waals surface area contributed by atoms with Crippen molar-refractivity contribution < 1.29 is 8.78 Å². The van der Waals surface area contributed by atoms with Gasteiger partial charge in [0.2, 0.25) is 0 Å². The molecule has 2 rings (SSSR count). The number of rotatable bonds is 5. The van der Waals surface area contributed by atoms with Gasteiger partial charge in [-0.15, -0.1) is 0 Å². The minimum Gasteiger partial charge on any atom is -0.306 e. The number of nitrogens with one attached hydrogen (secondary N) is 1. The molecule has 1 atom stereocenters. The summed E-state index contributed by atoms with van der Waals surface area (Å²) in [5, 5.41) is 3.40. The SMILES string of the molecule is CCCNC(c1ccc(F)cc1)c1cc(F)ccc1C. The van der Waals surface area contributed by atoms with Crippen molar-refractivity contribution in [1.82, 2.24) is 5.32 Å². The average Bonchev–Trinajstić information content (AvgIpc) is 2.44. The van der Waals surface area contributed by atoms with Crippen molar-refractivity contribution in [1.29, 1.82) is 0 Å². The Morgan fingerprint density at radius 1 is 1.00 bits per heavy atom. The second kappa shape index (κ2) is 6.62. The maximum atomic E-state index is 13.5. The number of hydrogen-bond acceptors (Lipinski definition) is 1. The first-order valence-corrected chi connectivity index (χ1v) is 6.86. The van der Waals surface area contributed by atoms with Gasteiger partial charge in [-0.05, 0) is 60.8 Å². The van der Waals surface area contributed by atoms with Gasteiger partial charge in [-0.2, -0.15) is 0 Å². The quantitative estimate of drug-likeness (QED) is 0.854. The van der Waals surface area contributed by atoms with Crippen LogP contribution < -0.4 is 5.32 Å². The maximum Gasteiger partial charge on any atom is 0.123 e. The number of hydrogen-bond donors (Lipinski definition) is 1. The van der Waals surface area contributed by atoms with Gasteiger partial charge in [0.15, 0.2) is 0 Å². The molecule has 3 heteroatoms. The van der Waals surface area contributed by atoms with Crippen LogP contribution in [0.2, 0.25) is 0 Å². The lowest BCUT2D eigenvalue weighted by atomic mass is 9.94. The van der Waals surface area contributed by atoms with Crippen LogP contribution >= 0.6 is 0 Å². The van der Waals surface area contributed by atoms with Crippen LogP contribution in [0.5, 0.6) is 0 Å². The fourth-order valence-corrected chi connectivity index (χ4v) is 2.27. The van der Waals surface area contributed by atoms with Crippen molar-refractivity contribution >= 4 is 0 Å². The molecule has 1 nitrogen and oxygen atoms in total. The molecular formula is C17H19F2N.